The van der Waals surface area contributed by atoms with Crippen LogP contribution in [0.3, 0.4) is 0 Å². The first-order valence-corrected chi connectivity index (χ1v) is 6.90. The van der Waals surface area contributed by atoms with Crippen LogP contribution in [0.4, 0.5) is 0 Å². The summed E-state index contributed by atoms with van der Waals surface area (Å²) in [5.74, 6) is -0.0475. The number of rotatable bonds is 5. The number of nitrogens with zero attached hydrogens (tertiary/aromatic N) is 2. The number of aryl methyl sites for hydroxylation is 2. The highest BCUT2D eigenvalue weighted by Gasteiger charge is 2.03. The fourth-order valence-electron chi connectivity index (χ4n) is 2.07. The van der Waals surface area contributed by atoms with Crippen molar-refractivity contribution in [3.05, 3.63) is 63.8 Å². The van der Waals surface area contributed by atoms with Crippen molar-refractivity contribution in [2.45, 2.75) is 26.8 Å². The first-order valence-electron chi connectivity index (χ1n) is 6.90. The van der Waals surface area contributed by atoms with Crippen molar-refractivity contribution in [2.24, 2.45) is 0 Å². The molecule has 0 radical (unpaired) electrons. The molecule has 1 heterocycles. The number of hydrogen-bond donors (Lipinski definition) is 1. The Hall–Kier alpha value is -2.43. The summed E-state index contributed by atoms with van der Waals surface area (Å²) in [6, 6.07) is 9.34. The van der Waals surface area contributed by atoms with Gasteiger partial charge >= 0.3 is 0 Å². The number of benzene rings is 1. The first kappa shape index (κ1) is 15.0. The van der Waals surface area contributed by atoms with Crippen LogP contribution < -0.4 is 10.9 Å². The van der Waals surface area contributed by atoms with Gasteiger partial charge in [0.25, 0.3) is 5.56 Å². The maximum absolute atomic E-state index is 11.8. The Morgan fingerprint density at radius 2 is 2.10 bits per heavy atom. The minimum Gasteiger partial charge on any atom is -0.354 e. The van der Waals surface area contributed by atoms with Crippen LogP contribution in [0.1, 0.15) is 16.8 Å². The van der Waals surface area contributed by atoms with Crippen molar-refractivity contribution >= 4 is 5.91 Å². The third-order valence-electron chi connectivity index (χ3n) is 3.14. The highest BCUT2D eigenvalue weighted by molar-refractivity contribution is 5.78. The molecule has 0 saturated carbocycles. The van der Waals surface area contributed by atoms with Crippen LogP contribution in [0.5, 0.6) is 0 Å². The van der Waals surface area contributed by atoms with Gasteiger partial charge in [0.05, 0.1) is 12.7 Å². The Balaban J connectivity index is 1.83. The number of nitrogens with one attached hydrogen (secondary N) is 1. The average Bonchev–Trinajstić information content (AvgIpc) is 2.41. The van der Waals surface area contributed by atoms with Crippen LogP contribution in [0.15, 0.2) is 41.5 Å². The highest BCUT2D eigenvalue weighted by Crippen LogP contribution is 2.04. The van der Waals surface area contributed by atoms with Gasteiger partial charge in [0.1, 0.15) is 0 Å². The van der Waals surface area contributed by atoms with Gasteiger partial charge in [-0.25, -0.2) is 4.98 Å². The minimum absolute atomic E-state index is 0.0475. The monoisotopic (exact) mass is 285 g/mol. The second-order valence-corrected chi connectivity index (χ2v) is 5.08. The third-order valence-corrected chi connectivity index (χ3v) is 3.14. The molecule has 0 bridgehead atoms. The van der Waals surface area contributed by atoms with Gasteiger partial charge in [0.15, 0.2) is 0 Å². The second-order valence-electron chi connectivity index (χ2n) is 5.08. The molecule has 0 aliphatic carbocycles. The first-order chi connectivity index (χ1) is 10.0. The van der Waals surface area contributed by atoms with E-state index < -0.39 is 0 Å². The van der Waals surface area contributed by atoms with Crippen LogP contribution in [-0.2, 0) is 17.8 Å². The smallest absolute Gasteiger partial charge is 0.253 e. The summed E-state index contributed by atoms with van der Waals surface area (Å²) in [6.45, 7) is 4.61. The second kappa shape index (κ2) is 6.83. The Morgan fingerprint density at radius 1 is 1.29 bits per heavy atom. The van der Waals surface area contributed by atoms with Crippen molar-refractivity contribution in [3.63, 3.8) is 0 Å². The van der Waals surface area contributed by atoms with Gasteiger partial charge in [-0.15, -0.1) is 0 Å². The Morgan fingerprint density at radius 3 is 2.81 bits per heavy atom. The Bertz CT molecular complexity index is 692. The van der Waals surface area contributed by atoms with Gasteiger partial charge in [-0.2, -0.15) is 0 Å². The molecule has 110 valence electrons. The molecule has 0 unspecified atom stereocenters. The predicted molar refractivity (Wildman–Crippen MR) is 81.1 cm³/mol. The van der Waals surface area contributed by atoms with Crippen molar-refractivity contribution in [1.29, 1.82) is 0 Å². The SMILES string of the molecule is Cc1cccc(CC(=O)NCCn2cnc(C)cc2=O)c1. The summed E-state index contributed by atoms with van der Waals surface area (Å²) in [7, 11) is 0. The highest BCUT2D eigenvalue weighted by atomic mass is 16.1. The molecule has 0 saturated heterocycles. The number of amides is 1. The van der Waals surface area contributed by atoms with Gasteiger partial charge < -0.3 is 5.32 Å². The topological polar surface area (TPSA) is 64.0 Å². The van der Waals surface area contributed by atoms with Crippen LogP contribution in [0.2, 0.25) is 0 Å². The number of aromatic nitrogens is 2. The lowest BCUT2D eigenvalue weighted by Gasteiger charge is -2.08. The lowest BCUT2D eigenvalue weighted by Crippen LogP contribution is -2.31. The summed E-state index contributed by atoms with van der Waals surface area (Å²) >= 11 is 0. The maximum Gasteiger partial charge on any atom is 0.253 e. The van der Waals surface area contributed by atoms with Crippen molar-refractivity contribution in [1.82, 2.24) is 14.9 Å². The lowest BCUT2D eigenvalue weighted by molar-refractivity contribution is -0.120. The zero-order chi connectivity index (χ0) is 15.2. The summed E-state index contributed by atoms with van der Waals surface area (Å²) < 4.78 is 1.49. The van der Waals surface area contributed by atoms with E-state index in [0.717, 1.165) is 11.1 Å². The van der Waals surface area contributed by atoms with Gasteiger partial charge in [-0.3, -0.25) is 14.2 Å². The molecule has 0 atom stereocenters. The van der Waals surface area contributed by atoms with E-state index in [-0.39, 0.29) is 11.5 Å². The van der Waals surface area contributed by atoms with Crippen molar-refractivity contribution in [3.8, 4) is 0 Å². The Labute approximate surface area is 123 Å². The van der Waals surface area contributed by atoms with Crippen LogP contribution in [0.25, 0.3) is 0 Å². The van der Waals surface area contributed by atoms with E-state index in [1.54, 1.807) is 6.92 Å². The van der Waals surface area contributed by atoms with Crippen LogP contribution >= 0.6 is 0 Å². The number of hydrogen-bond acceptors (Lipinski definition) is 3. The Kier molecular flexibility index (Phi) is 4.87. The minimum atomic E-state index is -0.101. The van der Waals surface area contributed by atoms with Gasteiger partial charge in [-0.1, -0.05) is 29.8 Å². The molecule has 0 aliphatic heterocycles. The van der Waals surface area contributed by atoms with E-state index >= 15 is 0 Å². The molecule has 1 amide bonds. The van der Waals surface area contributed by atoms with E-state index in [1.165, 1.54) is 17.0 Å². The maximum atomic E-state index is 11.8. The fourth-order valence-corrected chi connectivity index (χ4v) is 2.07. The molecule has 1 aromatic carbocycles. The predicted octanol–water partition coefficient (Wildman–Crippen LogP) is 1.22. The van der Waals surface area contributed by atoms with Gasteiger partial charge in [-0.05, 0) is 19.4 Å². The molecule has 5 nitrogen and oxygen atoms in total. The lowest BCUT2D eigenvalue weighted by atomic mass is 10.1. The zero-order valence-electron chi connectivity index (χ0n) is 12.3. The molecular formula is C16H19N3O2. The van der Waals surface area contributed by atoms with E-state index in [1.807, 2.05) is 31.2 Å². The normalized spacial score (nSPS) is 10.4. The molecule has 1 aromatic heterocycles. The number of carbonyl (C=O) groups is 1. The molecular weight excluding hydrogens is 266 g/mol. The van der Waals surface area contributed by atoms with E-state index in [2.05, 4.69) is 10.3 Å². The molecule has 2 aromatic rings. The molecule has 5 heteroatoms. The summed E-state index contributed by atoms with van der Waals surface area (Å²) in [5, 5.41) is 2.81. The summed E-state index contributed by atoms with van der Waals surface area (Å²) in [4.78, 5) is 27.6. The number of carbonyl (C=O) groups excluding carboxylic acids is 1. The van der Waals surface area contributed by atoms with Crippen LogP contribution in [0, 0.1) is 13.8 Å². The largest absolute Gasteiger partial charge is 0.354 e. The summed E-state index contributed by atoms with van der Waals surface area (Å²) in [6.07, 6.45) is 1.85. The molecule has 0 fully saturated rings. The average molecular weight is 285 g/mol. The van der Waals surface area contributed by atoms with Gasteiger partial charge in [0.2, 0.25) is 5.91 Å². The molecule has 0 aliphatic rings. The molecule has 0 spiro atoms. The van der Waals surface area contributed by atoms with Crippen molar-refractivity contribution in [2.75, 3.05) is 6.54 Å². The van der Waals surface area contributed by atoms with E-state index in [4.69, 9.17) is 0 Å². The summed E-state index contributed by atoms with van der Waals surface area (Å²) in [5.41, 5.74) is 2.72. The van der Waals surface area contributed by atoms with Crippen LogP contribution in [-0.4, -0.2) is 22.0 Å². The fraction of sp³-hybridized carbons (Fsp3) is 0.312. The molecule has 2 rings (SSSR count). The molecule has 21 heavy (non-hydrogen) atoms. The van der Waals surface area contributed by atoms with Crippen molar-refractivity contribution < 1.29 is 4.79 Å². The molecule has 1 N–H and O–H groups in total. The standard InChI is InChI=1S/C16H19N3O2/c1-12-4-3-5-14(8-12)10-15(20)17-6-7-19-11-18-13(2)9-16(19)21/h3-5,8-9,11H,6-7,10H2,1-2H3,(H,17,20). The van der Waals surface area contributed by atoms with E-state index in [0.29, 0.717) is 25.2 Å². The van der Waals surface area contributed by atoms with Gasteiger partial charge in [0, 0.05) is 24.8 Å². The third kappa shape index (κ3) is 4.56. The van der Waals surface area contributed by atoms with E-state index in [9.17, 15) is 9.59 Å². The quantitative estimate of drug-likeness (QED) is 0.898. The zero-order valence-corrected chi connectivity index (χ0v) is 12.3.